The molecule has 6 nitrogen and oxygen atoms in total. The third kappa shape index (κ3) is 4.09. The number of rotatable bonds is 7. The van der Waals surface area contributed by atoms with Crippen molar-refractivity contribution in [3.05, 3.63) is 70.8 Å². The van der Waals surface area contributed by atoms with Gasteiger partial charge in [-0.2, -0.15) is 0 Å². The molecule has 1 atom stereocenters. The first-order chi connectivity index (χ1) is 14.4. The number of ether oxygens (including phenoxy) is 2. The molecule has 1 heterocycles. The van der Waals surface area contributed by atoms with Crippen LogP contribution in [-0.4, -0.2) is 49.1 Å². The van der Waals surface area contributed by atoms with Crippen molar-refractivity contribution in [3.63, 3.8) is 0 Å². The van der Waals surface area contributed by atoms with Gasteiger partial charge in [0.15, 0.2) is 0 Å². The zero-order valence-electron chi connectivity index (χ0n) is 17.7. The summed E-state index contributed by atoms with van der Waals surface area (Å²) in [7, 11) is 3.07. The number of benzene rings is 2. The number of carbonyl (C=O) groups excluding carboxylic acids is 2. The van der Waals surface area contributed by atoms with Gasteiger partial charge in [-0.3, -0.25) is 9.59 Å². The molecule has 0 radical (unpaired) electrons. The van der Waals surface area contributed by atoms with Crippen molar-refractivity contribution >= 4 is 17.4 Å². The van der Waals surface area contributed by atoms with Gasteiger partial charge in [0.25, 0.3) is 11.7 Å². The van der Waals surface area contributed by atoms with Crippen LogP contribution >= 0.6 is 0 Å². The number of ketones is 1. The second kappa shape index (κ2) is 9.13. The van der Waals surface area contributed by atoms with Crippen molar-refractivity contribution in [2.75, 3.05) is 27.4 Å². The van der Waals surface area contributed by atoms with Crippen LogP contribution in [-0.2, 0) is 14.3 Å². The molecule has 30 heavy (non-hydrogen) atoms. The van der Waals surface area contributed by atoms with Crippen molar-refractivity contribution in [3.8, 4) is 5.75 Å². The van der Waals surface area contributed by atoms with Gasteiger partial charge in [-0.25, -0.2) is 0 Å². The summed E-state index contributed by atoms with van der Waals surface area (Å²) < 4.78 is 10.4. The highest BCUT2D eigenvalue weighted by molar-refractivity contribution is 6.46. The highest BCUT2D eigenvalue weighted by Crippen LogP contribution is 2.39. The van der Waals surface area contributed by atoms with E-state index in [1.807, 2.05) is 24.3 Å². The Morgan fingerprint density at radius 1 is 1.10 bits per heavy atom. The van der Waals surface area contributed by atoms with Gasteiger partial charge in [0, 0.05) is 19.2 Å². The minimum atomic E-state index is -0.704. The van der Waals surface area contributed by atoms with E-state index in [4.69, 9.17) is 9.47 Å². The summed E-state index contributed by atoms with van der Waals surface area (Å²) in [4.78, 5) is 27.2. The molecule has 0 aliphatic carbocycles. The number of hydrogen-bond donors (Lipinski definition) is 1. The van der Waals surface area contributed by atoms with Crippen molar-refractivity contribution in [1.82, 2.24) is 4.90 Å². The lowest BCUT2D eigenvalue weighted by Gasteiger charge is -2.25. The second-order valence-corrected chi connectivity index (χ2v) is 7.54. The number of amides is 1. The Morgan fingerprint density at radius 2 is 1.80 bits per heavy atom. The molecule has 0 aromatic heterocycles. The molecule has 1 aliphatic heterocycles. The van der Waals surface area contributed by atoms with Gasteiger partial charge in [-0.15, -0.1) is 0 Å². The fourth-order valence-electron chi connectivity index (χ4n) is 3.64. The van der Waals surface area contributed by atoms with Crippen LogP contribution in [0.25, 0.3) is 5.76 Å². The first-order valence-electron chi connectivity index (χ1n) is 9.90. The Morgan fingerprint density at radius 3 is 2.40 bits per heavy atom. The maximum absolute atomic E-state index is 12.9. The van der Waals surface area contributed by atoms with Gasteiger partial charge in [0.1, 0.15) is 11.5 Å². The van der Waals surface area contributed by atoms with Gasteiger partial charge >= 0.3 is 0 Å². The lowest BCUT2D eigenvalue weighted by Crippen LogP contribution is -2.32. The van der Waals surface area contributed by atoms with E-state index in [2.05, 4.69) is 13.8 Å². The SMILES string of the molecule is COCCN1C(=O)C(=O)C(=C(O)c2cccc(OC)c2)C1c1ccc(C(C)C)cc1. The third-order valence-corrected chi connectivity index (χ3v) is 5.34. The quantitative estimate of drug-likeness (QED) is 0.427. The Kier molecular flexibility index (Phi) is 6.57. The average Bonchev–Trinajstić information content (AvgIpc) is 3.01. The highest BCUT2D eigenvalue weighted by Gasteiger charge is 2.45. The average molecular weight is 409 g/mol. The van der Waals surface area contributed by atoms with E-state index in [9.17, 15) is 14.7 Å². The van der Waals surface area contributed by atoms with Crippen LogP contribution in [0.2, 0.25) is 0 Å². The number of aliphatic hydroxyl groups excluding tert-OH is 1. The number of carbonyl (C=O) groups is 2. The molecular formula is C24H27NO5. The summed E-state index contributed by atoms with van der Waals surface area (Å²) in [5.74, 6) is -0.662. The normalized spacial score (nSPS) is 18.3. The molecule has 1 fully saturated rings. The zero-order chi connectivity index (χ0) is 21.8. The maximum Gasteiger partial charge on any atom is 0.295 e. The molecule has 1 unspecified atom stereocenters. The number of likely N-dealkylation sites (tertiary alicyclic amines) is 1. The predicted molar refractivity (Wildman–Crippen MR) is 114 cm³/mol. The Labute approximate surface area is 176 Å². The largest absolute Gasteiger partial charge is 0.507 e. The van der Waals surface area contributed by atoms with E-state index in [1.165, 1.54) is 12.0 Å². The molecule has 2 aromatic rings. The van der Waals surface area contributed by atoms with E-state index < -0.39 is 17.7 Å². The van der Waals surface area contributed by atoms with Gasteiger partial charge < -0.3 is 19.5 Å². The van der Waals surface area contributed by atoms with Gasteiger partial charge in [0.2, 0.25) is 0 Å². The lowest BCUT2D eigenvalue weighted by molar-refractivity contribution is -0.140. The molecule has 6 heteroatoms. The fraction of sp³-hybridized carbons (Fsp3) is 0.333. The van der Waals surface area contributed by atoms with Crippen LogP contribution in [0, 0.1) is 0 Å². The number of Topliss-reactive ketones (excluding diaryl/α,β-unsaturated/α-hetero) is 1. The van der Waals surface area contributed by atoms with E-state index >= 15 is 0 Å². The molecule has 1 amide bonds. The molecule has 2 aromatic carbocycles. The zero-order valence-corrected chi connectivity index (χ0v) is 17.7. The fourth-order valence-corrected chi connectivity index (χ4v) is 3.64. The summed E-state index contributed by atoms with van der Waals surface area (Å²) in [5, 5.41) is 11.0. The summed E-state index contributed by atoms with van der Waals surface area (Å²) in [6.07, 6.45) is 0. The van der Waals surface area contributed by atoms with E-state index in [0.717, 1.165) is 11.1 Å². The minimum Gasteiger partial charge on any atom is -0.507 e. The van der Waals surface area contributed by atoms with Gasteiger partial charge in [-0.05, 0) is 29.2 Å². The summed E-state index contributed by atoms with van der Waals surface area (Å²) in [6.45, 7) is 4.73. The van der Waals surface area contributed by atoms with Crippen LogP contribution in [0.5, 0.6) is 5.75 Å². The second-order valence-electron chi connectivity index (χ2n) is 7.54. The highest BCUT2D eigenvalue weighted by atomic mass is 16.5. The summed E-state index contributed by atoms with van der Waals surface area (Å²) >= 11 is 0. The maximum atomic E-state index is 12.9. The first-order valence-corrected chi connectivity index (χ1v) is 9.90. The van der Waals surface area contributed by atoms with Gasteiger partial charge in [-0.1, -0.05) is 50.2 Å². The van der Waals surface area contributed by atoms with Crippen molar-refractivity contribution in [2.45, 2.75) is 25.8 Å². The molecule has 0 saturated carbocycles. The number of hydrogen-bond acceptors (Lipinski definition) is 5. The van der Waals surface area contributed by atoms with Crippen LogP contribution < -0.4 is 4.74 Å². The summed E-state index contributed by atoms with van der Waals surface area (Å²) in [6, 6.07) is 13.9. The monoisotopic (exact) mass is 409 g/mol. The van der Waals surface area contributed by atoms with E-state index in [-0.39, 0.29) is 24.5 Å². The topological polar surface area (TPSA) is 76.1 Å². The molecule has 0 spiro atoms. The molecule has 3 rings (SSSR count). The number of nitrogens with zero attached hydrogens (tertiary/aromatic N) is 1. The molecule has 158 valence electrons. The molecule has 1 saturated heterocycles. The van der Waals surface area contributed by atoms with Gasteiger partial charge in [0.05, 0.1) is 25.3 Å². The summed E-state index contributed by atoms with van der Waals surface area (Å²) in [5.41, 5.74) is 2.41. The Bertz CT molecular complexity index is 962. The first kappa shape index (κ1) is 21.6. The van der Waals surface area contributed by atoms with E-state index in [1.54, 1.807) is 31.4 Å². The van der Waals surface area contributed by atoms with Crippen LogP contribution in [0.4, 0.5) is 0 Å². The Balaban J connectivity index is 2.14. The van der Waals surface area contributed by atoms with Crippen molar-refractivity contribution < 1.29 is 24.2 Å². The molecule has 0 bridgehead atoms. The third-order valence-electron chi connectivity index (χ3n) is 5.34. The smallest absolute Gasteiger partial charge is 0.295 e. The lowest BCUT2D eigenvalue weighted by atomic mass is 9.93. The van der Waals surface area contributed by atoms with Crippen LogP contribution in [0.1, 0.15) is 42.5 Å². The Hall–Kier alpha value is -3.12. The van der Waals surface area contributed by atoms with E-state index in [0.29, 0.717) is 17.2 Å². The van der Waals surface area contributed by atoms with Crippen LogP contribution in [0.15, 0.2) is 54.1 Å². The van der Waals surface area contributed by atoms with Crippen molar-refractivity contribution in [1.29, 1.82) is 0 Å². The minimum absolute atomic E-state index is 0.0710. The number of aliphatic hydroxyl groups is 1. The number of methoxy groups -OCH3 is 2. The van der Waals surface area contributed by atoms with Crippen molar-refractivity contribution in [2.24, 2.45) is 0 Å². The standard InChI is InChI=1S/C24H27NO5/c1-15(2)16-8-10-17(11-9-16)21-20(23(27)24(28)25(21)12-13-29-3)22(26)18-6-5-7-19(14-18)30-4/h5-11,14-15,21,26H,12-13H2,1-4H3. The predicted octanol–water partition coefficient (Wildman–Crippen LogP) is 3.89. The van der Waals surface area contributed by atoms with Crippen LogP contribution in [0.3, 0.4) is 0 Å². The molecule has 1 aliphatic rings. The molecule has 1 N–H and O–H groups in total. The molecular weight excluding hydrogens is 382 g/mol.